The first-order valence-corrected chi connectivity index (χ1v) is 8.68. The van der Waals surface area contributed by atoms with Gasteiger partial charge in [0.25, 0.3) is 0 Å². The highest BCUT2D eigenvalue weighted by atomic mass is 16.2. The van der Waals surface area contributed by atoms with Crippen LogP contribution in [0.4, 0.5) is 4.79 Å². The van der Waals surface area contributed by atoms with Crippen LogP contribution in [0.25, 0.3) is 0 Å². The van der Waals surface area contributed by atoms with Crippen LogP contribution in [0.5, 0.6) is 0 Å². The summed E-state index contributed by atoms with van der Waals surface area (Å²) in [6.45, 7) is 19.7. The molecule has 0 aromatic carbocycles. The van der Waals surface area contributed by atoms with Gasteiger partial charge in [0.05, 0.1) is 0 Å². The van der Waals surface area contributed by atoms with Crippen LogP contribution in [0.1, 0.15) is 61.3 Å². The van der Waals surface area contributed by atoms with E-state index in [1.807, 2.05) is 9.80 Å². The van der Waals surface area contributed by atoms with Crippen LogP contribution in [0, 0.1) is 0 Å². The van der Waals surface area contributed by atoms with Gasteiger partial charge in [-0.2, -0.15) is 0 Å². The Morgan fingerprint density at radius 3 is 1.76 bits per heavy atom. The van der Waals surface area contributed by atoms with Crippen molar-refractivity contribution in [2.45, 2.75) is 73.4 Å². The molecule has 0 fully saturated rings. The topological polar surface area (TPSA) is 26.8 Å². The average molecular weight is 300 g/mol. The number of urea groups is 1. The van der Waals surface area contributed by atoms with Crippen LogP contribution in [-0.4, -0.2) is 65.5 Å². The molecule has 126 valence electrons. The number of hydrogen-bond acceptors (Lipinski definition) is 2. The van der Waals surface area contributed by atoms with Crippen molar-refractivity contribution in [3.8, 4) is 0 Å². The van der Waals surface area contributed by atoms with Crippen LogP contribution in [-0.2, 0) is 0 Å². The lowest BCUT2D eigenvalue weighted by atomic mass is 10.2. The van der Waals surface area contributed by atoms with Gasteiger partial charge in [0.1, 0.15) is 0 Å². The third-order valence-electron chi connectivity index (χ3n) is 3.97. The van der Waals surface area contributed by atoms with Crippen LogP contribution in [0.3, 0.4) is 0 Å². The maximum absolute atomic E-state index is 12.9. The lowest BCUT2D eigenvalue weighted by Gasteiger charge is -2.37. The van der Waals surface area contributed by atoms with E-state index in [2.05, 4.69) is 53.4 Å². The van der Waals surface area contributed by atoms with E-state index in [1.165, 1.54) is 0 Å². The Morgan fingerprint density at radius 2 is 1.38 bits per heavy atom. The Kier molecular flexibility index (Phi) is 10.5. The lowest BCUT2D eigenvalue weighted by Crippen LogP contribution is -2.51. The van der Waals surface area contributed by atoms with Crippen molar-refractivity contribution in [1.29, 1.82) is 0 Å². The van der Waals surface area contributed by atoms with E-state index < -0.39 is 0 Å². The minimum absolute atomic E-state index is 0.195. The molecule has 0 saturated heterocycles. The second kappa shape index (κ2) is 10.9. The van der Waals surface area contributed by atoms with Crippen molar-refractivity contribution in [2.24, 2.45) is 0 Å². The Balaban J connectivity index is 4.81. The third-order valence-corrected chi connectivity index (χ3v) is 3.97. The number of rotatable bonds is 10. The van der Waals surface area contributed by atoms with Crippen LogP contribution in [0.2, 0.25) is 0 Å². The molecule has 0 atom stereocenters. The van der Waals surface area contributed by atoms with Gasteiger partial charge in [0, 0.05) is 31.7 Å². The van der Waals surface area contributed by atoms with Gasteiger partial charge in [0.2, 0.25) is 0 Å². The highest BCUT2D eigenvalue weighted by Gasteiger charge is 2.25. The summed E-state index contributed by atoms with van der Waals surface area (Å²) in [5, 5.41) is 0. The van der Waals surface area contributed by atoms with Crippen molar-refractivity contribution in [3.63, 3.8) is 0 Å². The van der Waals surface area contributed by atoms with Crippen LogP contribution >= 0.6 is 0 Å². The highest BCUT2D eigenvalue weighted by Crippen LogP contribution is 2.11. The zero-order chi connectivity index (χ0) is 16.4. The molecule has 0 heterocycles. The summed E-state index contributed by atoms with van der Waals surface area (Å²) in [5.74, 6) is 0. The van der Waals surface area contributed by atoms with E-state index in [-0.39, 0.29) is 18.1 Å². The monoisotopic (exact) mass is 299 g/mol. The second-order valence-corrected chi connectivity index (χ2v) is 6.24. The molecule has 0 aromatic rings. The molecule has 21 heavy (non-hydrogen) atoms. The molecule has 0 unspecified atom stereocenters. The van der Waals surface area contributed by atoms with Crippen LogP contribution in [0.15, 0.2) is 0 Å². The Labute approximate surface area is 132 Å². The van der Waals surface area contributed by atoms with Crippen LogP contribution < -0.4 is 0 Å². The van der Waals surface area contributed by atoms with E-state index in [0.29, 0.717) is 0 Å². The van der Waals surface area contributed by atoms with E-state index in [4.69, 9.17) is 0 Å². The van der Waals surface area contributed by atoms with Crippen molar-refractivity contribution < 1.29 is 4.79 Å². The summed E-state index contributed by atoms with van der Waals surface area (Å²) in [7, 11) is 0. The van der Waals surface area contributed by atoms with Gasteiger partial charge in [-0.3, -0.25) is 0 Å². The highest BCUT2D eigenvalue weighted by molar-refractivity contribution is 5.75. The Bertz CT molecular complexity index is 267. The molecule has 0 aliphatic rings. The maximum atomic E-state index is 12.9. The molecule has 4 heteroatoms. The molecule has 0 saturated carbocycles. The van der Waals surface area contributed by atoms with E-state index in [1.54, 1.807) is 0 Å². The minimum Gasteiger partial charge on any atom is -0.323 e. The molecule has 4 nitrogen and oxygen atoms in total. The number of amides is 2. The smallest absolute Gasteiger partial charge is 0.320 e. The molecule has 0 aliphatic carbocycles. The maximum Gasteiger partial charge on any atom is 0.320 e. The normalized spacial score (nSPS) is 11.5. The third kappa shape index (κ3) is 7.16. The van der Waals surface area contributed by atoms with Crippen molar-refractivity contribution in [3.05, 3.63) is 0 Å². The van der Waals surface area contributed by atoms with Crippen molar-refractivity contribution >= 4 is 6.03 Å². The molecular weight excluding hydrogens is 262 g/mol. The summed E-state index contributed by atoms with van der Waals surface area (Å²) in [4.78, 5) is 19.3. The van der Waals surface area contributed by atoms with Gasteiger partial charge in [-0.1, -0.05) is 27.2 Å². The van der Waals surface area contributed by atoms with Gasteiger partial charge in [-0.15, -0.1) is 0 Å². The summed E-state index contributed by atoms with van der Waals surface area (Å²) in [5.41, 5.74) is 0. The number of nitrogens with zero attached hydrogens (tertiary/aromatic N) is 3. The Hall–Kier alpha value is -0.770. The first-order chi connectivity index (χ1) is 9.88. The molecule has 0 N–H and O–H groups in total. The van der Waals surface area contributed by atoms with E-state index >= 15 is 0 Å². The lowest BCUT2D eigenvalue weighted by molar-refractivity contribution is 0.118. The summed E-state index contributed by atoms with van der Waals surface area (Å²) in [6.07, 6.45) is 2.20. The molecule has 0 bridgehead atoms. The summed E-state index contributed by atoms with van der Waals surface area (Å²) < 4.78 is 0. The predicted molar refractivity (Wildman–Crippen MR) is 91.8 cm³/mol. The predicted octanol–water partition coefficient (Wildman–Crippen LogP) is 3.67. The zero-order valence-electron chi connectivity index (χ0n) is 15.4. The molecular formula is C17H37N3O. The number of carbonyl (C=O) groups is 1. The first-order valence-electron chi connectivity index (χ1n) is 8.68. The van der Waals surface area contributed by atoms with Gasteiger partial charge < -0.3 is 14.7 Å². The molecule has 0 aromatic heterocycles. The average Bonchev–Trinajstić information content (AvgIpc) is 2.42. The van der Waals surface area contributed by atoms with E-state index in [0.717, 1.165) is 45.6 Å². The fourth-order valence-corrected chi connectivity index (χ4v) is 2.66. The fraction of sp³-hybridized carbons (Fsp3) is 0.941. The quantitative estimate of drug-likeness (QED) is 0.615. The number of unbranched alkanes of at least 4 members (excludes halogenated alkanes) is 1. The zero-order valence-corrected chi connectivity index (χ0v) is 15.4. The summed E-state index contributed by atoms with van der Waals surface area (Å²) in [6, 6.07) is 0.686. The number of hydrogen-bond donors (Lipinski definition) is 0. The van der Waals surface area contributed by atoms with Gasteiger partial charge in [-0.25, -0.2) is 4.79 Å². The minimum atomic E-state index is 0.195. The fourth-order valence-electron chi connectivity index (χ4n) is 2.66. The molecule has 0 radical (unpaired) electrons. The summed E-state index contributed by atoms with van der Waals surface area (Å²) >= 11 is 0. The second-order valence-electron chi connectivity index (χ2n) is 6.24. The Morgan fingerprint density at radius 1 is 0.857 bits per heavy atom. The molecule has 0 aliphatic heterocycles. The van der Waals surface area contributed by atoms with Gasteiger partial charge in [0.15, 0.2) is 0 Å². The van der Waals surface area contributed by atoms with E-state index in [9.17, 15) is 4.79 Å². The standard InChI is InChI=1S/C17H37N3O/c1-8-11-12-19(14-13-18(9-2)10-3)17(21)20(15(4)5)16(6)7/h15-16H,8-14H2,1-7H3. The van der Waals surface area contributed by atoms with Crippen molar-refractivity contribution in [1.82, 2.24) is 14.7 Å². The number of likely N-dealkylation sites (N-methyl/N-ethyl adjacent to an activating group) is 1. The SMILES string of the molecule is CCCCN(CCN(CC)CC)C(=O)N(C(C)C)C(C)C. The molecule has 0 spiro atoms. The number of carbonyl (C=O) groups excluding carboxylic acids is 1. The van der Waals surface area contributed by atoms with Crippen molar-refractivity contribution in [2.75, 3.05) is 32.7 Å². The van der Waals surface area contributed by atoms with Gasteiger partial charge >= 0.3 is 6.03 Å². The first kappa shape index (κ1) is 20.2. The van der Waals surface area contributed by atoms with Gasteiger partial charge in [-0.05, 0) is 47.2 Å². The molecule has 0 rings (SSSR count). The largest absolute Gasteiger partial charge is 0.323 e. The molecule has 2 amide bonds.